The summed E-state index contributed by atoms with van der Waals surface area (Å²) in [6, 6.07) is 32.4. The van der Waals surface area contributed by atoms with Gasteiger partial charge in [0.15, 0.2) is 6.10 Å². The summed E-state index contributed by atoms with van der Waals surface area (Å²) in [6.07, 6.45) is -0.869. The summed E-state index contributed by atoms with van der Waals surface area (Å²) in [5, 5.41) is 3.57. The number of benzene rings is 4. The lowest BCUT2D eigenvalue weighted by Crippen LogP contribution is -2.37. The van der Waals surface area contributed by atoms with Gasteiger partial charge < -0.3 is 0 Å². The Morgan fingerprint density at radius 3 is 2.09 bits per heavy atom. The molecule has 3 atom stereocenters. The van der Waals surface area contributed by atoms with Crippen molar-refractivity contribution in [1.82, 2.24) is 0 Å². The molecule has 5 heteroatoms. The normalized spacial score (nSPS) is 22.6. The number of hydrogen-bond donors (Lipinski definition) is 0. The minimum absolute atomic E-state index is 0.233. The summed E-state index contributed by atoms with van der Waals surface area (Å²) in [6.45, 7) is 0. The fourth-order valence-corrected chi connectivity index (χ4v) is 4.84. The first-order valence-electron chi connectivity index (χ1n) is 10.7. The van der Waals surface area contributed by atoms with E-state index in [1.54, 1.807) is 5.06 Å². The summed E-state index contributed by atoms with van der Waals surface area (Å²) in [4.78, 5) is 34.9. The zero-order chi connectivity index (χ0) is 21.7. The molecule has 2 fully saturated rings. The minimum atomic E-state index is -0.869. The van der Waals surface area contributed by atoms with Gasteiger partial charge in [-0.2, -0.15) is 0 Å². The fraction of sp³-hybridized carbons (Fsp3) is 0.111. The van der Waals surface area contributed by atoms with Crippen LogP contribution in [0.2, 0.25) is 0 Å². The van der Waals surface area contributed by atoms with Crippen LogP contribution in [-0.4, -0.2) is 17.9 Å². The van der Waals surface area contributed by atoms with Gasteiger partial charge in [0.1, 0.15) is 5.92 Å². The van der Waals surface area contributed by atoms with Crippen molar-refractivity contribution >= 4 is 34.0 Å². The van der Waals surface area contributed by atoms with E-state index in [1.807, 2.05) is 103 Å². The Balaban J connectivity index is 1.47. The van der Waals surface area contributed by atoms with Crippen LogP contribution < -0.4 is 9.96 Å². The van der Waals surface area contributed by atoms with Crippen molar-refractivity contribution in [1.29, 1.82) is 0 Å². The van der Waals surface area contributed by atoms with Crippen LogP contribution in [0.25, 0.3) is 10.8 Å². The van der Waals surface area contributed by atoms with Crippen LogP contribution in [0, 0.1) is 5.92 Å². The van der Waals surface area contributed by atoms with Crippen LogP contribution in [0.15, 0.2) is 103 Å². The van der Waals surface area contributed by atoms with Gasteiger partial charge in [0, 0.05) is 5.39 Å². The lowest BCUT2D eigenvalue weighted by atomic mass is 9.90. The van der Waals surface area contributed by atoms with Crippen LogP contribution in [0.1, 0.15) is 11.6 Å². The van der Waals surface area contributed by atoms with Crippen molar-refractivity contribution in [2.45, 2.75) is 12.1 Å². The molecule has 5 nitrogen and oxygen atoms in total. The molecule has 0 aromatic heterocycles. The molecule has 2 saturated heterocycles. The third kappa shape index (κ3) is 2.75. The largest absolute Gasteiger partial charge is 0.273 e. The van der Waals surface area contributed by atoms with Gasteiger partial charge in [-0.1, -0.05) is 84.9 Å². The van der Waals surface area contributed by atoms with E-state index < -0.39 is 18.1 Å². The molecular formula is C27H20N2O3. The Kier molecular flexibility index (Phi) is 4.30. The molecule has 2 aliphatic rings. The Bertz CT molecular complexity index is 1320. The molecule has 156 valence electrons. The average Bonchev–Trinajstić information content (AvgIpc) is 3.36. The molecular weight excluding hydrogens is 400 g/mol. The topological polar surface area (TPSA) is 49.9 Å². The van der Waals surface area contributed by atoms with Gasteiger partial charge in [0.2, 0.25) is 5.91 Å². The number of hydrogen-bond acceptors (Lipinski definition) is 4. The summed E-state index contributed by atoms with van der Waals surface area (Å²) >= 11 is 0. The maximum absolute atomic E-state index is 13.8. The van der Waals surface area contributed by atoms with Crippen molar-refractivity contribution in [3.05, 3.63) is 109 Å². The first-order valence-corrected chi connectivity index (χ1v) is 10.7. The molecule has 4 aromatic rings. The molecule has 0 radical (unpaired) electrons. The lowest BCUT2D eigenvalue weighted by molar-refractivity contribution is -0.126. The molecule has 2 amide bonds. The van der Waals surface area contributed by atoms with E-state index in [9.17, 15) is 9.59 Å². The number of hydroxylamine groups is 1. The van der Waals surface area contributed by atoms with Gasteiger partial charge in [-0.25, -0.2) is 9.96 Å². The van der Waals surface area contributed by atoms with Crippen molar-refractivity contribution in [2.75, 3.05) is 9.96 Å². The van der Waals surface area contributed by atoms with E-state index in [1.165, 1.54) is 4.90 Å². The Morgan fingerprint density at radius 1 is 0.656 bits per heavy atom. The number of amides is 2. The molecule has 0 bridgehead atoms. The van der Waals surface area contributed by atoms with Gasteiger partial charge in [0.05, 0.1) is 17.4 Å². The van der Waals surface area contributed by atoms with Crippen LogP contribution in [0.5, 0.6) is 0 Å². The van der Waals surface area contributed by atoms with Crippen molar-refractivity contribution in [3.8, 4) is 0 Å². The molecule has 0 spiro atoms. The van der Waals surface area contributed by atoms with Crippen LogP contribution in [-0.2, 0) is 14.4 Å². The number of imide groups is 1. The third-order valence-corrected chi connectivity index (χ3v) is 6.27. The third-order valence-electron chi connectivity index (χ3n) is 6.27. The molecule has 0 saturated carbocycles. The summed E-state index contributed by atoms with van der Waals surface area (Å²) in [5.41, 5.74) is 2.35. The highest BCUT2D eigenvalue weighted by atomic mass is 16.7. The van der Waals surface area contributed by atoms with Gasteiger partial charge in [-0.05, 0) is 29.1 Å². The molecule has 4 aromatic carbocycles. The zero-order valence-corrected chi connectivity index (χ0v) is 17.2. The van der Waals surface area contributed by atoms with Gasteiger partial charge in [0.25, 0.3) is 5.91 Å². The van der Waals surface area contributed by atoms with E-state index in [0.717, 1.165) is 22.0 Å². The van der Waals surface area contributed by atoms with Crippen molar-refractivity contribution in [3.63, 3.8) is 0 Å². The summed E-state index contributed by atoms with van der Waals surface area (Å²) in [5.74, 6) is -1.19. The molecule has 32 heavy (non-hydrogen) atoms. The summed E-state index contributed by atoms with van der Waals surface area (Å²) in [7, 11) is 0. The standard InChI is InChI=1S/C27H20N2O3/c30-26-23-24(19-11-3-1-4-12-19)29(20-14-5-2-6-15-20)32-25(23)27(31)28(26)22-17-9-13-18-10-7-8-16-21(18)22/h1-17,23-25H/t23-,24+,25-/m0/s1. The Hall–Kier alpha value is -3.96. The predicted octanol–water partition coefficient (Wildman–Crippen LogP) is 4.89. The maximum Gasteiger partial charge on any atom is 0.266 e. The zero-order valence-electron chi connectivity index (χ0n) is 17.2. The fourth-order valence-electron chi connectivity index (χ4n) is 4.84. The van der Waals surface area contributed by atoms with Gasteiger partial charge in [-0.3, -0.25) is 14.4 Å². The molecule has 0 unspecified atom stereocenters. The monoisotopic (exact) mass is 420 g/mol. The lowest BCUT2D eigenvalue weighted by Gasteiger charge is -2.29. The van der Waals surface area contributed by atoms with E-state index >= 15 is 0 Å². The van der Waals surface area contributed by atoms with Crippen molar-refractivity contribution in [2.24, 2.45) is 5.92 Å². The van der Waals surface area contributed by atoms with Crippen LogP contribution >= 0.6 is 0 Å². The second-order valence-corrected chi connectivity index (χ2v) is 8.08. The molecule has 2 aliphatic heterocycles. The smallest absolute Gasteiger partial charge is 0.266 e. The Morgan fingerprint density at radius 2 is 1.31 bits per heavy atom. The summed E-state index contributed by atoms with van der Waals surface area (Å²) < 4.78 is 0. The van der Waals surface area contributed by atoms with Crippen LogP contribution in [0.4, 0.5) is 11.4 Å². The molecule has 0 aliphatic carbocycles. The number of anilines is 2. The van der Waals surface area contributed by atoms with Gasteiger partial charge >= 0.3 is 0 Å². The molecule has 0 N–H and O–H groups in total. The van der Waals surface area contributed by atoms with Gasteiger partial charge in [-0.15, -0.1) is 0 Å². The minimum Gasteiger partial charge on any atom is -0.273 e. The highest BCUT2D eigenvalue weighted by Gasteiger charge is 2.60. The first kappa shape index (κ1) is 18.8. The number of carbonyl (C=O) groups is 2. The number of rotatable bonds is 3. The van der Waals surface area contributed by atoms with Crippen LogP contribution in [0.3, 0.4) is 0 Å². The SMILES string of the molecule is O=C1[C@@H]2[C@H](ON(c3ccccc3)[C@@H]2c2ccccc2)C(=O)N1c1cccc2ccccc12. The number of para-hydroxylation sites is 1. The second-order valence-electron chi connectivity index (χ2n) is 8.08. The first-order chi connectivity index (χ1) is 15.7. The number of fused-ring (bicyclic) bond motifs is 2. The Labute approximate surface area is 185 Å². The number of carbonyl (C=O) groups excluding carboxylic acids is 2. The van der Waals surface area contributed by atoms with Crippen molar-refractivity contribution < 1.29 is 14.4 Å². The second kappa shape index (κ2) is 7.32. The highest BCUT2D eigenvalue weighted by molar-refractivity contribution is 6.26. The van der Waals surface area contributed by atoms with E-state index in [-0.39, 0.29) is 11.8 Å². The average molecular weight is 420 g/mol. The van der Waals surface area contributed by atoms with E-state index in [2.05, 4.69) is 0 Å². The highest BCUT2D eigenvalue weighted by Crippen LogP contribution is 2.48. The predicted molar refractivity (Wildman–Crippen MR) is 123 cm³/mol. The number of nitrogens with zero attached hydrogens (tertiary/aromatic N) is 2. The molecule has 2 heterocycles. The maximum atomic E-state index is 13.8. The molecule has 6 rings (SSSR count). The van der Waals surface area contributed by atoms with E-state index in [4.69, 9.17) is 4.84 Å². The quantitative estimate of drug-likeness (QED) is 0.443. The van der Waals surface area contributed by atoms with E-state index in [0.29, 0.717) is 5.69 Å².